The summed E-state index contributed by atoms with van der Waals surface area (Å²) in [7, 11) is 0. The van der Waals surface area contributed by atoms with Gasteiger partial charge in [-0.2, -0.15) is 15.0 Å². The number of carbonyl (C=O) groups excluding carboxylic acids is 2. The van der Waals surface area contributed by atoms with Gasteiger partial charge in [0.25, 0.3) is 5.91 Å². The summed E-state index contributed by atoms with van der Waals surface area (Å²) >= 11 is 0. The average Bonchev–Trinajstić information content (AvgIpc) is 2.92. The Morgan fingerprint density at radius 1 is 1.36 bits per heavy atom. The summed E-state index contributed by atoms with van der Waals surface area (Å²) in [6.45, 7) is -0.269. The standard InChI is InChI=1S/C15H13N5O2/c16-8-12-9-19-20(15(12)17)14(22)10-18-13(21)7-6-11-4-2-1-3-5-11/h1-7,9H,10,17H2,(H,18,21). The minimum absolute atomic E-state index is 0.0402. The van der Waals surface area contributed by atoms with Gasteiger partial charge in [-0.05, 0) is 11.6 Å². The molecule has 0 saturated heterocycles. The third-order valence-electron chi connectivity index (χ3n) is 2.80. The Morgan fingerprint density at radius 2 is 2.09 bits per heavy atom. The summed E-state index contributed by atoms with van der Waals surface area (Å²) in [6.07, 6.45) is 4.16. The topological polar surface area (TPSA) is 114 Å². The van der Waals surface area contributed by atoms with Crippen LogP contribution in [-0.4, -0.2) is 28.1 Å². The Hall–Kier alpha value is -3.40. The van der Waals surface area contributed by atoms with Crippen LogP contribution in [0.5, 0.6) is 0 Å². The molecule has 2 rings (SSSR count). The molecule has 22 heavy (non-hydrogen) atoms. The predicted octanol–water partition coefficient (Wildman–Crippen LogP) is 0.807. The molecule has 0 bridgehead atoms. The lowest BCUT2D eigenvalue weighted by Gasteiger charge is -2.03. The quantitative estimate of drug-likeness (QED) is 0.810. The molecule has 0 atom stereocenters. The van der Waals surface area contributed by atoms with Crippen molar-refractivity contribution in [1.29, 1.82) is 5.26 Å². The molecule has 0 aliphatic heterocycles. The van der Waals surface area contributed by atoms with Gasteiger partial charge < -0.3 is 11.1 Å². The third-order valence-corrected chi connectivity index (χ3v) is 2.80. The minimum Gasteiger partial charge on any atom is -0.382 e. The van der Waals surface area contributed by atoms with E-state index in [-0.39, 0.29) is 17.9 Å². The molecule has 1 heterocycles. The first-order valence-corrected chi connectivity index (χ1v) is 6.39. The molecule has 0 aliphatic rings. The van der Waals surface area contributed by atoms with Gasteiger partial charge in [0.1, 0.15) is 17.5 Å². The van der Waals surface area contributed by atoms with Gasteiger partial charge >= 0.3 is 0 Å². The van der Waals surface area contributed by atoms with E-state index >= 15 is 0 Å². The number of nitrogen functional groups attached to an aromatic ring is 1. The van der Waals surface area contributed by atoms with Gasteiger partial charge in [0.15, 0.2) is 0 Å². The van der Waals surface area contributed by atoms with Crippen LogP contribution in [0, 0.1) is 11.3 Å². The SMILES string of the molecule is N#Cc1cnn(C(=O)CNC(=O)C=Cc2ccccc2)c1N. The summed E-state index contributed by atoms with van der Waals surface area (Å²) in [6, 6.07) is 11.1. The number of hydrogen-bond donors (Lipinski definition) is 2. The number of anilines is 1. The zero-order valence-corrected chi connectivity index (χ0v) is 11.6. The molecule has 1 aromatic carbocycles. The Bertz CT molecular complexity index is 756. The fraction of sp³-hybridized carbons (Fsp3) is 0.0667. The van der Waals surface area contributed by atoms with Crippen LogP contribution in [0.25, 0.3) is 6.08 Å². The largest absolute Gasteiger partial charge is 0.382 e. The van der Waals surface area contributed by atoms with Gasteiger partial charge in [-0.15, -0.1) is 0 Å². The monoisotopic (exact) mass is 295 g/mol. The van der Waals surface area contributed by atoms with E-state index in [9.17, 15) is 9.59 Å². The van der Waals surface area contributed by atoms with Crippen LogP contribution < -0.4 is 11.1 Å². The maximum absolute atomic E-state index is 11.8. The third kappa shape index (κ3) is 3.58. The number of hydrogen-bond acceptors (Lipinski definition) is 5. The number of nitriles is 1. The van der Waals surface area contributed by atoms with Crippen LogP contribution >= 0.6 is 0 Å². The molecule has 0 saturated carbocycles. The average molecular weight is 295 g/mol. The first kappa shape index (κ1) is 15.0. The molecule has 2 aromatic rings. The van der Waals surface area contributed by atoms with Gasteiger partial charge in [-0.1, -0.05) is 30.3 Å². The first-order chi connectivity index (χ1) is 10.6. The fourth-order valence-corrected chi connectivity index (χ4v) is 1.68. The van der Waals surface area contributed by atoms with Crippen molar-refractivity contribution >= 4 is 23.7 Å². The van der Waals surface area contributed by atoms with Crippen molar-refractivity contribution in [2.45, 2.75) is 0 Å². The fourth-order valence-electron chi connectivity index (χ4n) is 1.68. The van der Waals surface area contributed by atoms with Crippen LogP contribution in [0.15, 0.2) is 42.6 Å². The molecule has 1 amide bonds. The summed E-state index contributed by atoms with van der Waals surface area (Å²) in [4.78, 5) is 23.5. The van der Waals surface area contributed by atoms with Gasteiger partial charge in [0, 0.05) is 6.08 Å². The van der Waals surface area contributed by atoms with Crippen LogP contribution in [0.4, 0.5) is 5.82 Å². The number of nitrogens with two attached hydrogens (primary N) is 1. The van der Waals surface area contributed by atoms with Crippen molar-refractivity contribution in [2.75, 3.05) is 12.3 Å². The number of benzene rings is 1. The van der Waals surface area contributed by atoms with Crippen molar-refractivity contribution in [2.24, 2.45) is 0 Å². The molecule has 110 valence electrons. The van der Waals surface area contributed by atoms with E-state index in [4.69, 9.17) is 11.0 Å². The normalized spacial score (nSPS) is 10.3. The number of carbonyl (C=O) groups is 2. The Labute approximate surface area is 126 Å². The molecule has 3 N–H and O–H groups in total. The van der Waals surface area contributed by atoms with E-state index in [1.165, 1.54) is 12.3 Å². The van der Waals surface area contributed by atoms with E-state index in [0.29, 0.717) is 0 Å². The van der Waals surface area contributed by atoms with E-state index in [1.54, 1.807) is 6.08 Å². The van der Waals surface area contributed by atoms with Crippen molar-refractivity contribution in [3.8, 4) is 6.07 Å². The smallest absolute Gasteiger partial charge is 0.268 e. The highest BCUT2D eigenvalue weighted by Crippen LogP contribution is 2.08. The molecule has 7 nitrogen and oxygen atoms in total. The van der Waals surface area contributed by atoms with Crippen molar-refractivity contribution in [3.05, 3.63) is 53.7 Å². The van der Waals surface area contributed by atoms with E-state index in [0.717, 1.165) is 10.2 Å². The summed E-state index contributed by atoms with van der Waals surface area (Å²) in [5.74, 6) is -0.981. The van der Waals surface area contributed by atoms with Crippen molar-refractivity contribution in [1.82, 2.24) is 15.1 Å². The molecule has 0 spiro atoms. The molecule has 0 aliphatic carbocycles. The number of nitrogens with zero attached hydrogens (tertiary/aromatic N) is 3. The zero-order valence-electron chi connectivity index (χ0n) is 11.6. The van der Waals surface area contributed by atoms with Crippen LogP contribution in [0.3, 0.4) is 0 Å². The summed E-state index contributed by atoms with van der Waals surface area (Å²) in [5, 5.41) is 14.9. The second-order valence-electron chi connectivity index (χ2n) is 4.32. The molecule has 7 heteroatoms. The van der Waals surface area contributed by atoms with Gasteiger partial charge in [-0.25, -0.2) is 0 Å². The summed E-state index contributed by atoms with van der Waals surface area (Å²) in [5.41, 5.74) is 6.57. The zero-order chi connectivity index (χ0) is 15.9. The molecule has 1 aromatic heterocycles. The highest BCUT2D eigenvalue weighted by atomic mass is 16.2. The maximum Gasteiger partial charge on any atom is 0.268 e. The molecule has 0 radical (unpaired) electrons. The van der Waals surface area contributed by atoms with Gasteiger partial charge in [0.05, 0.1) is 12.7 Å². The highest BCUT2D eigenvalue weighted by Gasteiger charge is 2.13. The number of aromatic nitrogens is 2. The number of rotatable bonds is 4. The van der Waals surface area contributed by atoms with Gasteiger partial charge in [-0.3, -0.25) is 9.59 Å². The number of amides is 1. The highest BCUT2D eigenvalue weighted by molar-refractivity contribution is 5.95. The van der Waals surface area contributed by atoms with E-state index < -0.39 is 11.8 Å². The van der Waals surface area contributed by atoms with E-state index in [2.05, 4.69) is 10.4 Å². The maximum atomic E-state index is 11.8. The molecule has 0 fully saturated rings. The van der Waals surface area contributed by atoms with Gasteiger partial charge in [0.2, 0.25) is 5.91 Å². The Kier molecular flexibility index (Phi) is 4.67. The lowest BCUT2D eigenvalue weighted by Crippen LogP contribution is -2.32. The lowest BCUT2D eigenvalue weighted by atomic mass is 10.2. The van der Waals surface area contributed by atoms with Crippen molar-refractivity contribution in [3.63, 3.8) is 0 Å². The molecule has 0 unspecified atom stereocenters. The van der Waals surface area contributed by atoms with E-state index in [1.807, 2.05) is 36.4 Å². The number of nitrogens with one attached hydrogen (secondary N) is 1. The lowest BCUT2D eigenvalue weighted by molar-refractivity contribution is -0.116. The molecular formula is C15H13N5O2. The Balaban J connectivity index is 1.91. The Morgan fingerprint density at radius 3 is 2.73 bits per heavy atom. The van der Waals surface area contributed by atoms with Crippen LogP contribution in [-0.2, 0) is 4.79 Å². The first-order valence-electron chi connectivity index (χ1n) is 6.39. The predicted molar refractivity (Wildman–Crippen MR) is 80.5 cm³/mol. The second-order valence-corrected chi connectivity index (χ2v) is 4.32. The minimum atomic E-state index is -0.527. The second kappa shape index (κ2) is 6.85. The van der Waals surface area contributed by atoms with Crippen molar-refractivity contribution < 1.29 is 9.59 Å². The summed E-state index contributed by atoms with van der Waals surface area (Å²) < 4.78 is 0.889. The van der Waals surface area contributed by atoms with Crippen LogP contribution in [0.2, 0.25) is 0 Å². The molecular weight excluding hydrogens is 282 g/mol. The van der Waals surface area contributed by atoms with Crippen LogP contribution in [0.1, 0.15) is 15.9 Å².